The quantitative estimate of drug-likeness (QED) is 0.933. The lowest BCUT2D eigenvalue weighted by Gasteiger charge is -2.23. The zero-order valence-corrected chi connectivity index (χ0v) is 12.9. The van der Waals surface area contributed by atoms with Gasteiger partial charge in [0.25, 0.3) is 0 Å². The van der Waals surface area contributed by atoms with Crippen LogP contribution in [0.4, 0.5) is 0 Å². The predicted octanol–water partition coefficient (Wildman–Crippen LogP) is 1.74. The number of aliphatic carboxylic acids is 1. The Bertz CT molecular complexity index is 711. The molecular formula is C17H19N3O3. The average molecular weight is 313 g/mol. The third kappa shape index (κ3) is 3.11. The van der Waals surface area contributed by atoms with Crippen LogP contribution in [0.1, 0.15) is 18.9 Å². The Balaban J connectivity index is 1.67. The highest BCUT2D eigenvalue weighted by molar-refractivity contribution is 5.81. The summed E-state index contributed by atoms with van der Waals surface area (Å²) in [6.07, 6.45) is 4.28. The van der Waals surface area contributed by atoms with Gasteiger partial charge in [0.05, 0.1) is 24.2 Å². The van der Waals surface area contributed by atoms with Crippen LogP contribution in [0, 0.1) is 5.92 Å². The molecule has 2 unspecified atom stereocenters. The standard InChI is InChI=1S/C17H19N3O3/c1-12-15(17(22)23)7-8-19(12)16(21)9-13-10-18-20(11-13)14-5-3-2-4-6-14/h2-6,10-12,15H,7-9H2,1H3,(H,22,23). The van der Waals surface area contributed by atoms with E-state index in [0.29, 0.717) is 13.0 Å². The number of hydrogen-bond acceptors (Lipinski definition) is 3. The molecule has 2 aromatic rings. The topological polar surface area (TPSA) is 75.4 Å². The van der Waals surface area contributed by atoms with Crippen LogP contribution in [0.2, 0.25) is 0 Å². The summed E-state index contributed by atoms with van der Waals surface area (Å²) in [6, 6.07) is 9.42. The monoisotopic (exact) mass is 313 g/mol. The maximum atomic E-state index is 12.4. The number of nitrogens with zero attached hydrogens (tertiary/aromatic N) is 3. The molecular weight excluding hydrogens is 294 g/mol. The molecule has 120 valence electrons. The molecule has 3 rings (SSSR count). The number of amides is 1. The van der Waals surface area contributed by atoms with Gasteiger partial charge in [0.2, 0.25) is 5.91 Å². The number of aromatic nitrogens is 2. The van der Waals surface area contributed by atoms with Gasteiger partial charge in [-0.15, -0.1) is 0 Å². The number of hydrogen-bond donors (Lipinski definition) is 1. The first-order chi connectivity index (χ1) is 11.1. The fourth-order valence-electron chi connectivity index (χ4n) is 3.07. The number of carbonyl (C=O) groups is 2. The Labute approximate surface area is 134 Å². The molecule has 1 N–H and O–H groups in total. The number of carboxylic acids is 1. The maximum Gasteiger partial charge on any atom is 0.308 e. The molecule has 2 atom stereocenters. The van der Waals surface area contributed by atoms with E-state index in [1.807, 2.05) is 36.5 Å². The molecule has 23 heavy (non-hydrogen) atoms. The van der Waals surface area contributed by atoms with Crippen LogP contribution in [0.25, 0.3) is 5.69 Å². The van der Waals surface area contributed by atoms with Gasteiger partial charge in [-0.3, -0.25) is 9.59 Å². The van der Waals surface area contributed by atoms with E-state index in [9.17, 15) is 9.59 Å². The molecule has 1 aliphatic heterocycles. The van der Waals surface area contributed by atoms with Crippen molar-refractivity contribution in [1.29, 1.82) is 0 Å². The van der Waals surface area contributed by atoms with Crippen molar-refractivity contribution in [2.24, 2.45) is 5.92 Å². The van der Waals surface area contributed by atoms with Gasteiger partial charge < -0.3 is 10.0 Å². The molecule has 0 radical (unpaired) electrons. The van der Waals surface area contributed by atoms with Crippen molar-refractivity contribution >= 4 is 11.9 Å². The molecule has 1 aliphatic rings. The summed E-state index contributed by atoms with van der Waals surface area (Å²) in [5, 5.41) is 13.4. The summed E-state index contributed by atoms with van der Waals surface area (Å²) in [7, 11) is 0. The molecule has 2 heterocycles. The molecule has 0 aliphatic carbocycles. The van der Waals surface area contributed by atoms with Crippen LogP contribution in [0.5, 0.6) is 0 Å². The fourth-order valence-corrected chi connectivity index (χ4v) is 3.07. The second-order valence-corrected chi connectivity index (χ2v) is 5.87. The maximum absolute atomic E-state index is 12.4. The number of benzene rings is 1. The first-order valence-corrected chi connectivity index (χ1v) is 7.67. The van der Waals surface area contributed by atoms with Crippen LogP contribution < -0.4 is 0 Å². The zero-order chi connectivity index (χ0) is 16.4. The summed E-state index contributed by atoms with van der Waals surface area (Å²) < 4.78 is 1.73. The summed E-state index contributed by atoms with van der Waals surface area (Å²) in [6.45, 7) is 2.31. The third-order valence-corrected chi connectivity index (χ3v) is 4.40. The van der Waals surface area contributed by atoms with E-state index in [1.54, 1.807) is 22.7 Å². The number of carbonyl (C=O) groups excluding carboxylic acids is 1. The highest BCUT2D eigenvalue weighted by Crippen LogP contribution is 2.25. The van der Waals surface area contributed by atoms with E-state index < -0.39 is 11.9 Å². The van der Waals surface area contributed by atoms with Gasteiger partial charge >= 0.3 is 5.97 Å². The van der Waals surface area contributed by atoms with Gasteiger partial charge in [0.1, 0.15) is 0 Å². The van der Waals surface area contributed by atoms with Crippen molar-refractivity contribution in [3.8, 4) is 5.69 Å². The number of para-hydroxylation sites is 1. The zero-order valence-electron chi connectivity index (χ0n) is 12.9. The smallest absolute Gasteiger partial charge is 0.308 e. The van der Waals surface area contributed by atoms with E-state index in [-0.39, 0.29) is 18.4 Å². The van der Waals surface area contributed by atoms with Crippen molar-refractivity contribution < 1.29 is 14.7 Å². The Hall–Kier alpha value is -2.63. The fraction of sp³-hybridized carbons (Fsp3) is 0.353. The largest absolute Gasteiger partial charge is 0.481 e. The molecule has 6 nitrogen and oxygen atoms in total. The molecule has 1 aromatic heterocycles. The van der Waals surface area contributed by atoms with E-state index in [4.69, 9.17) is 5.11 Å². The van der Waals surface area contributed by atoms with Gasteiger partial charge in [-0.1, -0.05) is 18.2 Å². The molecule has 1 aromatic carbocycles. The van der Waals surface area contributed by atoms with E-state index in [1.165, 1.54) is 0 Å². The first-order valence-electron chi connectivity index (χ1n) is 7.67. The third-order valence-electron chi connectivity index (χ3n) is 4.40. The minimum Gasteiger partial charge on any atom is -0.481 e. The molecule has 1 fully saturated rings. The highest BCUT2D eigenvalue weighted by Gasteiger charge is 2.37. The van der Waals surface area contributed by atoms with Crippen molar-refractivity contribution in [3.63, 3.8) is 0 Å². The Morgan fingerprint density at radius 1 is 1.30 bits per heavy atom. The minimum atomic E-state index is -0.829. The summed E-state index contributed by atoms with van der Waals surface area (Å²) >= 11 is 0. The van der Waals surface area contributed by atoms with Crippen LogP contribution in [0.15, 0.2) is 42.7 Å². The Morgan fingerprint density at radius 3 is 2.70 bits per heavy atom. The molecule has 1 amide bonds. The number of likely N-dealkylation sites (tertiary alicyclic amines) is 1. The van der Waals surface area contributed by atoms with E-state index in [2.05, 4.69) is 5.10 Å². The second kappa shape index (κ2) is 6.24. The van der Waals surface area contributed by atoms with Crippen LogP contribution in [0.3, 0.4) is 0 Å². The van der Waals surface area contributed by atoms with Crippen molar-refractivity contribution in [2.45, 2.75) is 25.8 Å². The molecule has 1 saturated heterocycles. The van der Waals surface area contributed by atoms with E-state index in [0.717, 1.165) is 11.3 Å². The van der Waals surface area contributed by atoms with Gasteiger partial charge in [-0.05, 0) is 31.0 Å². The number of carboxylic acid groups (broad SMARTS) is 1. The lowest BCUT2D eigenvalue weighted by molar-refractivity contribution is -0.143. The van der Waals surface area contributed by atoms with Crippen molar-refractivity contribution in [1.82, 2.24) is 14.7 Å². The van der Waals surface area contributed by atoms with Crippen LogP contribution >= 0.6 is 0 Å². The highest BCUT2D eigenvalue weighted by atomic mass is 16.4. The lowest BCUT2D eigenvalue weighted by Crippen LogP contribution is -2.38. The normalized spacial score (nSPS) is 20.7. The summed E-state index contributed by atoms with van der Waals surface area (Å²) in [4.78, 5) is 25.2. The average Bonchev–Trinajstić information content (AvgIpc) is 3.15. The second-order valence-electron chi connectivity index (χ2n) is 5.87. The van der Waals surface area contributed by atoms with Crippen molar-refractivity contribution in [2.75, 3.05) is 6.54 Å². The Kier molecular flexibility index (Phi) is 4.14. The molecule has 0 bridgehead atoms. The molecule has 6 heteroatoms. The lowest BCUT2D eigenvalue weighted by atomic mass is 10.0. The van der Waals surface area contributed by atoms with Gasteiger partial charge in [0, 0.05) is 18.8 Å². The van der Waals surface area contributed by atoms with E-state index >= 15 is 0 Å². The van der Waals surface area contributed by atoms with Crippen LogP contribution in [-0.4, -0.2) is 44.3 Å². The first kappa shape index (κ1) is 15.3. The van der Waals surface area contributed by atoms with Crippen molar-refractivity contribution in [3.05, 3.63) is 48.3 Å². The summed E-state index contributed by atoms with van der Waals surface area (Å²) in [5.74, 6) is -1.34. The predicted molar refractivity (Wildman–Crippen MR) is 84.2 cm³/mol. The number of rotatable bonds is 4. The SMILES string of the molecule is CC1C(C(=O)O)CCN1C(=O)Cc1cnn(-c2ccccc2)c1. The van der Waals surface area contributed by atoms with Crippen LogP contribution in [-0.2, 0) is 16.0 Å². The molecule has 0 saturated carbocycles. The minimum absolute atomic E-state index is 0.0474. The van der Waals surface area contributed by atoms with Gasteiger partial charge in [-0.2, -0.15) is 5.10 Å². The van der Waals surface area contributed by atoms with Gasteiger partial charge in [0.15, 0.2) is 0 Å². The van der Waals surface area contributed by atoms with Gasteiger partial charge in [-0.25, -0.2) is 4.68 Å². The summed E-state index contributed by atoms with van der Waals surface area (Å²) in [5.41, 5.74) is 1.76. The Morgan fingerprint density at radius 2 is 2.04 bits per heavy atom. The molecule has 0 spiro atoms.